The van der Waals surface area contributed by atoms with Gasteiger partial charge in [0.2, 0.25) is 0 Å². The maximum absolute atomic E-state index is 12.0. The van der Waals surface area contributed by atoms with Gasteiger partial charge in [-0.15, -0.1) is 0 Å². The molecule has 112 valence electrons. The van der Waals surface area contributed by atoms with E-state index in [4.69, 9.17) is 14.4 Å². The molecule has 0 aliphatic carbocycles. The van der Waals surface area contributed by atoms with Crippen LogP contribution in [-0.2, 0) is 11.3 Å². The van der Waals surface area contributed by atoms with Gasteiger partial charge in [-0.2, -0.15) is 5.26 Å². The summed E-state index contributed by atoms with van der Waals surface area (Å²) in [5.74, 6) is 0.783. The molecule has 1 amide bonds. The van der Waals surface area contributed by atoms with Crippen molar-refractivity contribution in [1.82, 2.24) is 5.32 Å². The minimum atomic E-state index is -0.440. The molecular weight excluding hydrogens is 395 g/mol. The Kier molecular flexibility index (Phi) is 5.61. The SMILES string of the molecule is COc1ccc(CNC(=O)/C(C#N)=C\c2ccc(I)o2)cc1. The second-order valence-corrected chi connectivity index (χ2v) is 5.41. The van der Waals surface area contributed by atoms with Crippen molar-refractivity contribution < 1.29 is 13.9 Å². The van der Waals surface area contributed by atoms with E-state index in [1.165, 1.54) is 6.08 Å². The number of ether oxygens (including phenoxy) is 1. The van der Waals surface area contributed by atoms with Crippen molar-refractivity contribution >= 4 is 34.6 Å². The van der Waals surface area contributed by atoms with Crippen LogP contribution in [0.25, 0.3) is 6.08 Å². The van der Waals surface area contributed by atoms with Gasteiger partial charge in [-0.1, -0.05) is 12.1 Å². The molecule has 0 fully saturated rings. The van der Waals surface area contributed by atoms with Crippen LogP contribution in [0.3, 0.4) is 0 Å². The molecule has 22 heavy (non-hydrogen) atoms. The van der Waals surface area contributed by atoms with Crippen molar-refractivity contribution in [3.05, 3.63) is 57.1 Å². The van der Waals surface area contributed by atoms with E-state index in [0.717, 1.165) is 11.3 Å². The third-order valence-electron chi connectivity index (χ3n) is 2.86. The van der Waals surface area contributed by atoms with Gasteiger partial charge in [0, 0.05) is 12.6 Å². The van der Waals surface area contributed by atoms with Crippen LogP contribution >= 0.6 is 22.6 Å². The largest absolute Gasteiger partial charge is 0.497 e. The number of hydrogen-bond acceptors (Lipinski definition) is 4. The Morgan fingerprint density at radius 1 is 1.36 bits per heavy atom. The quantitative estimate of drug-likeness (QED) is 0.469. The zero-order chi connectivity index (χ0) is 15.9. The topological polar surface area (TPSA) is 75.3 Å². The number of nitrogens with zero attached hydrogens (tertiary/aromatic N) is 1. The Hall–Kier alpha value is -2.27. The molecule has 0 unspecified atom stereocenters. The van der Waals surface area contributed by atoms with Crippen LogP contribution in [-0.4, -0.2) is 13.0 Å². The minimum absolute atomic E-state index is 0.000684. The predicted octanol–water partition coefficient (Wildman–Crippen LogP) is 3.12. The second kappa shape index (κ2) is 7.66. The summed E-state index contributed by atoms with van der Waals surface area (Å²) in [4.78, 5) is 12.0. The van der Waals surface area contributed by atoms with Crippen LogP contribution in [0, 0.1) is 15.1 Å². The highest BCUT2D eigenvalue weighted by atomic mass is 127. The predicted molar refractivity (Wildman–Crippen MR) is 89.9 cm³/mol. The van der Waals surface area contributed by atoms with Gasteiger partial charge in [-0.05, 0) is 52.4 Å². The number of hydrogen-bond donors (Lipinski definition) is 1. The number of nitriles is 1. The Labute approximate surface area is 141 Å². The molecule has 1 heterocycles. The Balaban J connectivity index is 2.00. The summed E-state index contributed by atoms with van der Waals surface area (Å²) in [5, 5.41) is 11.8. The van der Waals surface area contributed by atoms with E-state index < -0.39 is 5.91 Å². The third-order valence-corrected chi connectivity index (χ3v) is 3.44. The van der Waals surface area contributed by atoms with Gasteiger partial charge >= 0.3 is 0 Å². The highest BCUT2D eigenvalue weighted by molar-refractivity contribution is 14.1. The van der Waals surface area contributed by atoms with Crippen molar-refractivity contribution in [1.29, 1.82) is 5.26 Å². The van der Waals surface area contributed by atoms with Gasteiger partial charge in [-0.25, -0.2) is 0 Å². The lowest BCUT2D eigenvalue weighted by Gasteiger charge is -2.05. The van der Waals surface area contributed by atoms with E-state index in [2.05, 4.69) is 5.32 Å². The van der Waals surface area contributed by atoms with Gasteiger partial charge < -0.3 is 14.5 Å². The minimum Gasteiger partial charge on any atom is -0.497 e. The number of carbonyl (C=O) groups excluding carboxylic acids is 1. The van der Waals surface area contributed by atoms with Crippen LogP contribution < -0.4 is 10.1 Å². The zero-order valence-corrected chi connectivity index (χ0v) is 14.0. The first kappa shape index (κ1) is 16.1. The molecule has 0 spiro atoms. The standard InChI is InChI=1S/C16H13IN2O3/c1-21-13-4-2-11(3-5-13)10-19-16(20)12(9-18)8-14-6-7-15(17)22-14/h2-8H,10H2,1H3,(H,19,20)/b12-8-. The molecule has 5 nitrogen and oxygen atoms in total. The van der Waals surface area contributed by atoms with E-state index in [1.807, 2.05) is 52.9 Å². The highest BCUT2D eigenvalue weighted by Gasteiger charge is 2.10. The fraction of sp³-hybridized carbons (Fsp3) is 0.125. The van der Waals surface area contributed by atoms with E-state index in [9.17, 15) is 4.79 Å². The van der Waals surface area contributed by atoms with Crippen LogP contribution in [0.1, 0.15) is 11.3 Å². The second-order valence-electron chi connectivity index (χ2n) is 4.34. The maximum atomic E-state index is 12.0. The highest BCUT2D eigenvalue weighted by Crippen LogP contribution is 2.14. The molecule has 1 aromatic carbocycles. The Morgan fingerprint density at radius 3 is 2.64 bits per heavy atom. The lowest BCUT2D eigenvalue weighted by Crippen LogP contribution is -2.23. The molecule has 0 saturated carbocycles. The van der Waals surface area contributed by atoms with Gasteiger partial charge in [0.1, 0.15) is 23.2 Å². The first-order valence-electron chi connectivity index (χ1n) is 6.40. The van der Waals surface area contributed by atoms with Crippen molar-refractivity contribution in [2.24, 2.45) is 0 Å². The normalized spacial score (nSPS) is 10.9. The molecule has 0 aliphatic rings. The van der Waals surface area contributed by atoms with Crippen molar-refractivity contribution in [2.45, 2.75) is 6.54 Å². The monoisotopic (exact) mass is 408 g/mol. The zero-order valence-electron chi connectivity index (χ0n) is 11.8. The molecule has 1 N–H and O–H groups in total. The molecule has 0 atom stereocenters. The van der Waals surface area contributed by atoms with Crippen molar-refractivity contribution in [3.8, 4) is 11.8 Å². The van der Waals surface area contributed by atoms with Crippen LogP contribution in [0.5, 0.6) is 5.75 Å². The molecule has 2 rings (SSSR count). The Bertz CT molecular complexity index is 727. The summed E-state index contributed by atoms with van der Waals surface area (Å²) in [6.45, 7) is 0.331. The summed E-state index contributed by atoms with van der Waals surface area (Å²) in [7, 11) is 1.59. The number of nitrogens with one attached hydrogen (secondary N) is 1. The van der Waals surface area contributed by atoms with Crippen molar-refractivity contribution in [2.75, 3.05) is 7.11 Å². The summed E-state index contributed by atoms with van der Waals surface area (Å²) < 4.78 is 11.1. The molecule has 1 aromatic heterocycles. The average Bonchev–Trinajstić information content (AvgIpc) is 2.96. The number of furan rings is 1. The lowest BCUT2D eigenvalue weighted by molar-refractivity contribution is -0.117. The lowest BCUT2D eigenvalue weighted by atomic mass is 10.2. The molecular formula is C16H13IN2O3. The summed E-state index contributed by atoms with van der Waals surface area (Å²) >= 11 is 2.02. The number of amides is 1. The molecule has 0 aliphatic heterocycles. The molecule has 0 saturated heterocycles. The van der Waals surface area contributed by atoms with Gasteiger partial charge in [-0.3, -0.25) is 4.79 Å². The van der Waals surface area contributed by atoms with E-state index in [-0.39, 0.29) is 5.57 Å². The van der Waals surface area contributed by atoms with Crippen LogP contribution in [0.4, 0.5) is 0 Å². The fourth-order valence-electron chi connectivity index (χ4n) is 1.72. The smallest absolute Gasteiger partial charge is 0.262 e. The van der Waals surface area contributed by atoms with Gasteiger partial charge in [0.25, 0.3) is 5.91 Å². The average molecular weight is 408 g/mol. The first-order chi connectivity index (χ1) is 10.6. The number of methoxy groups -OCH3 is 1. The summed E-state index contributed by atoms with van der Waals surface area (Å²) in [6, 6.07) is 12.7. The number of carbonyl (C=O) groups is 1. The van der Waals surface area contributed by atoms with E-state index >= 15 is 0 Å². The van der Waals surface area contributed by atoms with E-state index in [1.54, 1.807) is 19.2 Å². The number of benzene rings is 1. The Morgan fingerprint density at radius 2 is 2.09 bits per heavy atom. The molecule has 6 heteroatoms. The maximum Gasteiger partial charge on any atom is 0.262 e. The molecule has 2 aromatic rings. The third kappa shape index (κ3) is 4.36. The molecule has 0 bridgehead atoms. The van der Waals surface area contributed by atoms with Gasteiger partial charge in [0.05, 0.1) is 7.11 Å². The summed E-state index contributed by atoms with van der Waals surface area (Å²) in [5.41, 5.74) is 0.915. The summed E-state index contributed by atoms with van der Waals surface area (Å²) in [6.07, 6.45) is 1.42. The van der Waals surface area contributed by atoms with Crippen LogP contribution in [0.2, 0.25) is 0 Å². The number of halogens is 1. The first-order valence-corrected chi connectivity index (χ1v) is 7.48. The van der Waals surface area contributed by atoms with Crippen molar-refractivity contribution in [3.63, 3.8) is 0 Å². The number of rotatable bonds is 5. The molecule has 0 radical (unpaired) electrons. The van der Waals surface area contributed by atoms with Crippen LogP contribution in [0.15, 0.2) is 46.4 Å². The fourth-order valence-corrected chi connectivity index (χ4v) is 2.15. The van der Waals surface area contributed by atoms with Gasteiger partial charge in [0.15, 0.2) is 3.77 Å². The van der Waals surface area contributed by atoms with E-state index in [0.29, 0.717) is 16.1 Å².